The minimum Gasteiger partial charge on any atom is -0.388 e. The highest BCUT2D eigenvalue weighted by Gasteiger charge is 2.32. The molecule has 0 aliphatic carbocycles. The molecule has 1 saturated heterocycles. The highest BCUT2D eigenvalue weighted by atomic mass is 35.5. The van der Waals surface area contributed by atoms with Gasteiger partial charge >= 0.3 is 0 Å². The van der Waals surface area contributed by atoms with Gasteiger partial charge < -0.3 is 14.7 Å². The quantitative estimate of drug-likeness (QED) is 0.865. The summed E-state index contributed by atoms with van der Waals surface area (Å²) in [7, 11) is 1.71. The Morgan fingerprint density at radius 1 is 1.45 bits per heavy atom. The molecular formula is C15H20ClNO3. The van der Waals surface area contributed by atoms with Crippen LogP contribution < -0.4 is 0 Å². The number of carbonyl (C=O) groups is 1. The highest BCUT2D eigenvalue weighted by Crippen LogP contribution is 2.22. The normalized spacial score (nSPS) is 17.8. The summed E-state index contributed by atoms with van der Waals surface area (Å²) in [6.07, 6.45) is 1.12. The number of amides is 1. The lowest BCUT2D eigenvalue weighted by atomic mass is 9.93. The molecule has 1 amide bonds. The largest absolute Gasteiger partial charge is 0.388 e. The molecule has 1 fully saturated rings. The van der Waals surface area contributed by atoms with Gasteiger partial charge in [-0.2, -0.15) is 0 Å². The molecule has 110 valence electrons. The van der Waals surface area contributed by atoms with E-state index in [-0.39, 0.29) is 5.91 Å². The van der Waals surface area contributed by atoms with Gasteiger partial charge in [0.15, 0.2) is 0 Å². The lowest BCUT2D eigenvalue weighted by molar-refractivity contribution is -0.0734. The van der Waals surface area contributed by atoms with Crippen LogP contribution in [0, 0.1) is 0 Å². The minimum atomic E-state index is -0.841. The van der Waals surface area contributed by atoms with Crippen LogP contribution in [0.15, 0.2) is 24.3 Å². The summed E-state index contributed by atoms with van der Waals surface area (Å²) >= 11 is 5.78. The molecule has 1 aromatic rings. The molecule has 0 radical (unpaired) electrons. The Balaban J connectivity index is 2.04. The molecule has 1 aromatic carbocycles. The minimum absolute atomic E-state index is 0.100. The van der Waals surface area contributed by atoms with Crippen LogP contribution in [0.3, 0.4) is 0 Å². The fourth-order valence-corrected chi connectivity index (χ4v) is 2.60. The van der Waals surface area contributed by atoms with E-state index in [1.165, 1.54) is 0 Å². The van der Waals surface area contributed by atoms with Gasteiger partial charge in [-0.25, -0.2) is 0 Å². The Labute approximate surface area is 124 Å². The van der Waals surface area contributed by atoms with Gasteiger partial charge in [-0.05, 0) is 17.7 Å². The van der Waals surface area contributed by atoms with Gasteiger partial charge in [-0.1, -0.05) is 12.1 Å². The van der Waals surface area contributed by atoms with E-state index in [1.807, 2.05) is 12.1 Å². The van der Waals surface area contributed by atoms with Crippen molar-refractivity contribution in [2.75, 3.05) is 26.8 Å². The number of nitrogens with zero attached hydrogens (tertiary/aromatic N) is 1. The summed E-state index contributed by atoms with van der Waals surface area (Å²) in [5.41, 5.74) is 0.671. The zero-order valence-corrected chi connectivity index (χ0v) is 12.4. The predicted molar refractivity (Wildman–Crippen MR) is 78.0 cm³/mol. The second-order valence-electron chi connectivity index (χ2n) is 5.33. The summed E-state index contributed by atoms with van der Waals surface area (Å²) in [5, 5.41) is 10.4. The van der Waals surface area contributed by atoms with Crippen LogP contribution in [-0.2, 0) is 10.6 Å². The van der Waals surface area contributed by atoms with Crippen LogP contribution in [0.1, 0.15) is 28.8 Å². The highest BCUT2D eigenvalue weighted by molar-refractivity contribution is 6.17. The van der Waals surface area contributed by atoms with Crippen LogP contribution in [0.25, 0.3) is 0 Å². The summed E-state index contributed by atoms with van der Waals surface area (Å²) in [6, 6.07) is 7.26. The van der Waals surface area contributed by atoms with Crippen molar-refractivity contribution in [3.05, 3.63) is 35.4 Å². The SMILES string of the molecule is CN(CC1(O)CCOCC1)C(=O)c1cccc(CCl)c1. The van der Waals surface area contributed by atoms with Gasteiger partial charge in [-0.15, -0.1) is 11.6 Å². The smallest absolute Gasteiger partial charge is 0.253 e. The zero-order chi connectivity index (χ0) is 14.6. The molecule has 1 N–H and O–H groups in total. The van der Waals surface area contributed by atoms with Crippen LogP contribution >= 0.6 is 11.6 Å². The van der Waals surface area contributed by atoms with Gasteiger partial charge in [0.1, 0.15) is 0 Å². The van der Waals surface area contributed by atoms with Gasteiger partial charge in [0.05, 0.1) is 5.60 Å². The molecule has 0 unspecified atom stereocenters. The van der Waals surface area contributed by atoms with Crippen LogP contribution in [0.2, 0.25) is 0 Å². The molecule has 0 bridgehead atoms. The van der Waals surface area contributed by atoms with Crippen molar-refractivity contribution in [1.29, 1.82) is 0 Å². The monoisotopic (exact) mass is 297 g/mol. The van der Waals surface area contributed by atoms with Gasteiger partial charge in [0, 0.05) is 51.1 Å². The van der Waals surface area contributed by atoms with Crippen LogP contribution in [0.5, 0.6) is 0 Å². The van der Waals surface area contributed by atoms with Crippen molar-refractivity contribution in [3.63, 3.8) is 0 Å². The van der Waals surface area contributed by atoms with Gasteiger partial charge in [-0.3, -0.25) is 4.79 Å². The maximum absolute atomic E-state index is 12.4. The topological polar surface area (TPSA) is 49.8 Å². The van der Waals surface area contributed by atoms with Crippen molar-refractivity contribution in [1.82, 2.24) is 4.90 Å². The third-order valence-electron chi connectivity index (χ3n) is 3.63. The van der Waals surface area contributed by atoms with E-state index in [0.29, 0.717) is 44.0 Å². The molecule has 4 nitrogen and oxygen atoms in total. The van der Waals surface area contributed by atoms with Crippen molar-refractivity contribution >= 4 is 17.5 Å². The van der Waals surface area contributed by atoms with Crippen LogP contribution in [-0.4, -0.2) is 48.3 Å². The van der Waals surface area contributed by atoms with E-state index in [1.54, 1.807) is 24.1 Å². The number of ether oxygens (including phenoxy) is 1. The molecule has 0 spiro atoms. The van der Waals surface area contributed by atoms with Gasteiger partial charge in [0.2, 0.25) is 0 Å². The first kappa shape index (κ1) is 15.3. The average molecular weight is 298 g/mol. The molecule has 1 aliphatic heterocycles. The molecular weight excluding hydrogens is 278 g/mol. The van der Waals surface area contributed by atoms with E-state index >= 15 is 0 Å². The molecule has 0 saturated carbocycles. The molecule has 5 heteroatoms. The van der Waals surface area contributed by atoms with E-state index in [0.717, 1.165) is 5.56 Å². The van der Waals surface area contributed by atoms with Crippen molar-refractivity contribution in [2.45, 2.75) is 24.3 Å². The molecule has 1 heterocycles. The second-order valence-corrected chi connectivity index (χ2v) is 5.60. The number of halogens is 1. The Bertz CT molecular complexity index is 472. The van der Waals surface area contributed by atoms with Crippen molar-refractivity contribution < 1.29 is 14.6 Å². The number of aliphatic hydroxyl groups is 1. The number of likely N-dealkylation sites (N-methyl/N-ethyl adjacent to an activating group) is 1. The Hall–Kier alpha value is -1.10. The zero-order valence-electron chi connectivity index (χ0n) is 11.6. The maximum Gasteiger partial charge on any atom is 0.253 e. The molecule has 1 aliphatic rings. The maximum atomic E-state index is 12.4. The van der Waals surface area contributed by atoms with Crippen LogP contribution in [0.4, 0.5) is 0 Å². The number of benzene rings is 1. The first-order chi connectivity index (χ1) is 9.54. The molecule has 0 atom stereocenters. The first-order valence-electron chi connectivity index (χ1n) is 6.74. The average Bonchev–Trinajstić information content (AvgIpc) is 2.46. The lowest BCUT2D eigenvalue weighted by Crippen LogP contribution is -2.47. The molecule has 0 aromatic heterocycles. The number of carbonyl (C=O) groups excluding carboxylic acids is 1. The fourth-order valence-electron chi connectivity index (χ4n) is 2.43. The summed E-state index contributed by atoms with van der Waals surface area (Å²) in [6.45, 7) is 1.40. The number of hydrogen-bond donors (Lipinski definition) is 1. The standard InChI is InChI=1S/C15H20ClNO3/c1-17(11-15(19)5-7-20-8-6-15)14(18)13-4-2-3-12(9-13)10-16/h2-4,9,19H,5-8,10-11H2,1H3. The number of hydrogen-bond acceptors (Lipinski definition) is 3. The molecule has 2 rings (SSSR count). The van der Waals surface area contributed by atoms with E-state index in [4.69, 9.17) is 16.3 Å². The Morgan fingerprint density at radius 3 is 2.80 bits per heavy atom. The van der Waals surface area contributed by atoms with E-state index in [2.05, 4.69) is 0 Å². The van der Waals surface area contributed by atoms with Gasteiger partial charge in [0.25, 0.3) is 5.91 Å². The predicted octanol–water partition coefficient (Wildman–Crippen LogP) is 2.04. The number of rotatable bonds is 4. The van der Waals surface area contributed by atoms with Crippen molar-refractivity contribution in [2.24, 2.45) is 0 Å². The Morgan fingerprint density at radius 2 is 2.15 bits per heavy atom. The fraction of sp³-hybridized carbons (Fsp3) is 0.533. The second kappa shape index (κ2) is 6.57. The summed E-state index contributed by atoms with van der Waals surface area (Å²) < 4.78 is 5.24. The molecule has 20 heavy (non-hydrogen) atoms. The Kier molecular flexibility index (Phi) is 5.02. The third kappa shape index (κ3) is 3.72. The van der Waals surface area contributed by atoms with Crippen molar-refractivity contribution in [3.8, 4) is 0 Å². The lowest BCUT2D eigenvalue weighted by Gasteiger charge is -2.35. The number of alkyl halides is 1. The first-order valence-corrected chi connectivity index (χ1v) is 7.28. The summed E-state index contributed by atoms with van der Waals surface area (Å²) in [5.74, 6) is 0.281. The third-order valence-corrected chi connectivity index (χ3v) is 3.94. The van der Waals surface area contributed by atoms with E-state index < -0.39 is 5.60 Å². The summed E-state index contributed by atoms with van der Waals surface area (Å²) in [4.78, 5) is 13.9. The van der Waals surface area contributed by atoms with E-state index in [9.17, 15) is 9.90 Å².